The van der Waals surface area contributed by atoms with Gasteiger partial charge < -0.3 is 33.8 Å². The van der Waals surface area contributed by atoms with E-state index in [9.17, 15) is 43.2 Å². The standard InChI is InChI=1S/C80H156O17P2/c1-7-9-11-13-15-17-18-19-20-21-22-23-24-28-31-34-37-40-44-51-57-63-78(83)91-68-75(96-79(84)64-58-52-45-41-38-35-32-29-26-25-27-30-33-36-39-42-48-54-60-72(3)4)70-94-98(86,87)92-66-74(81)67-93-99(88,89)95-71-76(69-90-77(82)62-56-50-43-16-14-12-10-8-2)97-80(85)65-59-53-47-46-49-55-61-73(5)6/h72-76,81H,7-71H2,1-6H3,(H,86,87)(H,88,89)/t74-,75-,76-/m1/s1. The van der Waals surface area contributed by atoms with Crippen LogP contribution in [0.1, 0.15) is 420 Å². The molecule has 0 radical (unpaired) electrons. The van der Waals surface area contributed by atoms with Crippen molar-refractivity contribution >= 4 is 39.5 Å². The number of phosphoric ester groups is 2. The molecule has 0 aromatic carbocycles. The van der Waals surface area contributed by atoms with Crippen molar-refractivity contribution in [3.63, 3.8) is 0 Å². The third-order valence-electron chi connectivity index (χ3n) is 18.7. The van der Waals surface area contributed by atoms with Crippen LogP contribution >= 0.6 is 15.6 Å². The van der Waals surface area contributed by atoms with Crippen molar-refractivity contribution in [1.29, 1.82) is 0 Å². The lowest BCUT2D eigenvalue weighted by molar-refractivity contribution is -0.161. The Bertz CT molecular complexity index is 1910. The number of phosphoric acid groups is 2. The summed E-state index contributed by atoms with van der Waals surface area (Å²) in [6, 6.07) is 0. The fourth-order valence-corrected chi connectivity index (χ4v) is 13.9. The van der Waals surface area contributed by atoms with Gasteiger partial charge in [-0.15, -0.1) is 0 Å². The van der Waals surface area contributed by atoms with Crippen molar-refractivity contribution in [1.82, 2.24) is 0 Å². The molecule has 99 heavy (non-hydrogen) atoms. The lowest BCUT2D eigenvalue weighted by Crippen LogP contribution is -2.30. The summed E-state index contributed by atoms with van der Waals surface area (Å²) >= 11 is 0. The maximum Gasteiger partial charge on any atom is 0.472 e. The molecule has 0 heterocycles. The fourth-order valence-electron chi connectivity index (χ4n) is 12.4. The quantitative estimate of drug-likeness (QED) is 0.0222. The van der Waals surface area contributed by atoms with E-state index in [2.05, 4.69) is 41.5 Å². The minimum absolute atomic E-state index is 0.102. The summed E-state index contributed by atoms with van der Waals surface area (Å²) in [5.74, 6) is -0.630. The Morgan fingerprint density at radius 1 is 0.273 bits per heavy atom. The first kappa shape index (κ1) is 97.1. The van der Waals surface area contributed by atoms with E-state index >= 15 is 0 Å². The van der Waals surface area contributed by atoms with Gasteiger partial charge in [0.1, 0.15) is 19.3 Å². The van der Waals surface area contributed by atoms with E-state index < -0.39 is 97.5 Å². The second-order valence-electron chi connectivity index (χ2n) is 29.8. The first-order valence-electron chi connectivity index (χ1n) is 41.5. The number of hydrogen-bond acceptors (Lipinski definition) is 15. The van der Waals surface area contributed by atoms with Crippen LogP contribution in [0.25, 0.3) is 0 Å². The Labute approximate surface area is 607 Å². The summed E-state index contributed by atoms with van der Waals surface area (Å²) in [6.07, 6.45) is 61.6. The van der Waals surface area contributed by atoms with Crippen LogP contribution in [-0.2, 0) is 65.4 Å². The molecule has 0 saturated carbocycles. The molecule has 0 amide bonds. The van der Waals surface area contributed by atoms with Crippen LogP contribution < -0.4 is 0 Å². The van der Waals surface area contributed by atoms with Gasteiger partial charge in [-0.05, 0) is 37.5 Å². The molecular formula is C80H156O17P2. The maximum atomic E-state index is 13.1. The van der Waals surface area contributed by atoms with Crippen molar-refractivity contribution in [3.05, 3.63) is 0 Å². The number of aliphatic hydroxyl groups is 1. The maximum absolute atomic E-state index is 13.1. The zero-order valence-corrected chi connectivity index (χ0v) is 66.6. The van der Waals surface area contributed by atoms with Crippen LogP contribution in [0.15, 0.2) is 0 Å². The minimum Gasteiger partial charge on any atom is -0.462 e. The number of aliphatic hydroxyl groups excluding tert-OH is 1. The van der Waals surface area contributed by atoms with Crippen LogP contribution in [0, 0.1) is 11.8 Å². The second kappa shape index (κ2) is 71.7. The third kappa shape index (κ3) is 74.1. The molecule has 0 aliphatic carbocycles. The van der Waals surface area contributed by atoms with Crippen molar-refractivity contribution in [2.24, 2.45) is 11.8 Å². The Balaban J connectivity index is 5.13. The molecular weight excluding hydrogens is 1290 g/mol. The molecule has 0 aliphatic rings. The topological polar surface area (TPSA) is 237 Å². The molecule has 0 aromatic rings. The van der Waals surface area contributed by atoms with Gasteiger partial charge in [0.15, 0.2) is 12.2 Å². The Morgan fingerprint density at radius 2 is 0.465 bits per heavy atom. The lowest BCUT2D eigenvalue weighted by atomic mass is 10.0. The second-order valence-corrected chi connectivity index (χ2v) is 32.7. The number of carbonyl (C=O) groups excluding carboxylic acids is 4. The molecule has 0 rings (SSSR count). The highest BCUT2D eigenvalue weighted by molar-refractivity contribution is 7.47. The molecule has 0 fully saturated rings. The molecule has 0 aromatic heterocycles. The van der Waals surface area contributed by atoms with E-state index in [1.807, 2.05) is 0 Å². The van der Waals surface area contributed by atoms with E-state index in [0.717, 1.165) is 102 Å². The summed E-state index contributed by atoms with van der Waals surface area (Å²) < 4.78 is 68.5. The first-order valence-corrected chi connectivity index (χ1v) is 44.5. The van der Waals surface area contributed by atoms with Gasteiger partial charge in [-0.2, -0.15) is 0 Å². The van der Waals surface area contributed by atoms with Gasteiger partial charge in [-0.1, -0.05) is 369 Å². The summed E-state index contributed by atoms with van der Waals surface area (Å²) in [4.78, 5) is 72.7. The van der Waals surface area contributed by atoms with Crippen LogP contribution in [-0.4, -0.2) is 96.7 Å². The van der Waals surface area contributed by atoms with Gasteiger partial charge in [0.25, 0.3) is 0 Å². The van der Waals surface area contributed by atoms with Gasteiger partial charge in [0, 0.05) is 25.7 Å². The molecule has 0 aliphatic heterocycles. The summed E-state index contributed by atoms with van der Waals surface area (Å²) in [7, 11) is -9.91. The highest BCUT2D eigenvalue weighted by Crippen LogP contribution is 2.45. The normalized spacial score (nSPS) is 13.9. The molecule has 0 saturated heterocycles. The van der Waals surface area contributed by atoms with Gasteiger partial charge >= 0.3 is 39.5 Å². The molecule has 0 bridgehead atoms. The van der Waals surface area contributed by atoms with E-state index in [1.165, 1.54) is 231 Å². The smallest absolute Gasteiger partial charge is 0.462 e. The van der Waals surface area contributed by atoms with Crippen molar-refractivity contribution in [2.45, 2.75) is 439 Å². The lowest BCUT2D eigenvalue weighted by Gasteiger charge is -2.21. The zero-order valence-electron chi connectivity index (χ0n) is 64.8. The average Bonchev–Trinajstić information content (AvgIpc) is 0.966. The molecule has 2 unspecified atom stereocenters. The van der Waals surface area contributed by atoms with Crippen molar-refractivity contribution in [2.75, 3.05) is 39.6 Å². The van der Waals surface area contributed by atoms with Crippen LogP contribution in [0.4, 0.5) is 0 Å². The number of hydrogen-bond donors (Lipinski definition) is 3. The monoisotopic (exact) mass is 1450 g/mol. The highest BCUT2D eigenvalue weighted by atomic mass is 31.2. The van der Waals surface area contributed by atoms with Crippen LogP contribution in [0.5, 0.6) is 0 Å². The van der Waals surface area contributed by atoms with E-state index in [1.54, 1.807) is 0 Å². The molecule has 588 valence electrons. The van der Waals surface area contributed by atoms with E-state index in [-0.39, 0.29) is 25.7 Å². The zero-order chi connectivity index (χ0) is 72.8. The number of ether oxygens (including phenoxy) is 4. The van der Waals surface area contributed by atoms with E-state index in [0.29, 0.717) is 31.6 Å². The predicted octanol–water partition coefficient (Wildman–Crippen LogP) is 23.9. The Kier molecular flexibility index (Phi) is 70.3. The summed E-state index contributed by atoms with van der Waals surface area (Å²) in [5.41, 5.74) is 0. The Hall–Kier alpha value is -1.94. The van der Waals surface area contributed by atoms with Gasteiger partial charge in [0.2, 0.25) is 0 Å². The highest BCUT2D eigenvalue weighted by Gasteiger charge is 2.30. The average molecular weight is 1450 g/mol. The number of unbranched alkanes of at least 4 members (excludes halogenated alkanes) is 49. The van der Waals surface area contributed by atoms with Crippen LogP contribution in [0.2, 0.25) is 0 Å². The molecule has 19 heteroatoms. The predicted molar refractivity (Wildman–Crippen MR) is 405 cm³/mol. The van der Waals surface area contributed by atoms with Crippen molar-refractivity contribution < 1.29 is 80.2 Å². The van der Waals surface area contributed by atoms with Gasteiger partial charge in [-0.3, -0.25) is 37.3 Å². The third-order valence-corrected chi connectivity index (χ3v) is 20.6. The first-order chi connectivity index (χ1) is 47.9. The Morgan fingerprint density at radius 3 is 0.687 bits per heavy atom. The van der Waals surface area contributed by atoms with Crippen LogP contribution in [0.3, 0.4) is 0 Å². The SMILES string of the molecule is CCCCCCCCCCCCCCCCCCCCCCCC(=O)OC[C@H](COP(=O)(O)OC[C@@H](O)COP(=O)(O)OC[C@@H](COC(=O)CCCCCCCCCC)OC(=O)CCCCCCCCC(C)C)OC(=O)CCCCCCCCCCCCCCCCCCCCC(C)C. The summed E-state index contributed by atoms with van der Waals surface area (Å²) in [5, 5.41) is 10.6. The summed E-state index contributed by atoms with van der Waals surface area (Å²) in [6.45, 7) is 9.53. The molecule has 3 N–H and O–H groups in total. The molecule has 5 atom stereocenters. The molecule has 17 nitrogen and oxygen atoms in total. The minimum atomic E-state index is -4.96. The van der Waals surface area contributed by atoms with Gasteiger partial charge in [-0.25, -0.2) is 9.13 Å². The number of carbonyl (C=O) groups is 4. The van der Waals surface area contributed by atoms with Crippen molar-refractivity contribution in [3.8, 4) is 0 Å². The van der Waals surface area contributed by atoms with E-state index in [4.69, 9.17) is 37.0 Å². The largest absolute Gasteiger partial charge is 0.472 e. The number of esters is 4. The molecule has 0 spiro atoms. The number of rotatable bonds is 79. The van der Waals surface area contributed by atoms with Gasteiger partial charge in [0.05, 0.1) is 26.4 Å². The fraction of sp³-hybridized carbons (Fsp3) is 0.950.